The molecule has 0 radical (unpaired) electrons. The van der Waals surface area contributed by atoms with Crippen molar-refractivity contribution in [2.45, 2.75) is 0 Å². The zero-order chi connectivity index (χ0) is 13.2. The third-order valence-corrected chi connectivity index (χ3v) is 2.96. The van der Waals surface area contributed by atoms with E-state index >= 15 is 0 Å². The minimum absolute atomic E-state index is 0.742. The lowest BCUT2D eigenvalue weighted by molar-refractivity contribution is 0.395. The highest BCUT2D eigenvalue weighted by Gasteiger charge is 2.10. The van der Waals surface area contributed by atoms with Crippen LogP contribution in [-0.2, 0) is 0 Å². The van der Waals surface area contributed by atoms with Crippen LogP contribution in [0.15, 0.2) is 36.7 Å². The number of aromatic amines is 1. The zero-order valence-electron chi connectivity index (χ0n) is 10.7. The van der Waals surface area contributed by atoms with Gasteiger partial charge in [0.05, 0.1) is 19.9 Å². The van der Waals surface area contributed by atoms with E-state index in [0.717, 1.165) is 33.9 Å². The largest absolute Gasteiger partial charge is 0.497 e. The van der Waals surface area contributed by atoms with Gasteiger partial charge in [0, 0.05) is 24.0 Å². The number of nitrogens with zero attached hydrogens (tertiary/aromatic N) is 2. The molecule has 2 heterocycles. The van der Waals surface area contributed by atoms with E-state index in [1.165, 1.54) is 0 Å². The number of benzene rings is 1. The second-order valence-electron chi connectivity index (χ2n) is 4.04. The summed E-state index contributed by atoms with van der Waals surface area (Å²) in [6.07, 6.45) is 3.33. The molecule has 3 rings (SSSR count). The van der Waals surface area contributed by atoms with E-state index in [-0.39, 0.29) is 0 Å². The summed E-state index contributed by atoms with van der Waals surface area (Å²) >= 11 is 0. The Kier molecular flexibility index (Phi) is 2.79. The van der Waals surface area contributed by atoms with Gasteiger partial charge in [-0.15, -0.1) is 0 Å². The lowest BCUT2D eigenvalue weighted by atomic mass is 10.1. The van der Waals surface area contributed by atoms with Crippen LogP contribution in [0, 0.1) is 0 Å². The molecule has 3 aromatic rings. The predicted molar refractivity (Wildman–Crippen MR) is 72.4 cm³/mol. The average molecular weight is 255 g/mol. The fourth-order valence-electron chi connectivity index (χ4n) is 2.02. The van der Waals surface area contributed by atoms with E-state index in [0.29, 0.717) is 0 Å². The third-order valence-electron chi connectivity index (χ3n) is 2.96. The quantitative estimate of drug-likeness (QED) is 0.781. The van der Waals surface area contributed by atoms with E-state index in [9.17, 15) is 0 Å². The van der Waals surface area contributed by atoms with Gasteiger partial charge in [0.25, 0.3) is 0 Å². The molecule has 2 aromatic heterocycles. The van der Waals surface area contributed by atoms with E-state index in [1.54, 1.807) is 26.6 Å². The highest BCUT2D eigenvalue weighted by Crippen LogP contribution is 2.33. The summed E-state index contributed by atoms with van der Waals surface area (Å²) in [5.74, 6) is 1.50. The molecule has 0 aliphatic heterocycles. The van der Waals surface area contributed by atoms with Crippen molar-refractivity contribution in [1.82, 2.24) is 15.0 Å². The second kappa shape index (κ2) is 4.61. The molecule has 0 aliphatic carbocycles. The van der Waals surface area contributed by atoms with Gasteiger partial charge >= 0.3 is 0 Å². The van der Waals surface area contributed by atoms with Gasteiger partial charge in [0.2, 0.25) is 0 Å². The molecular formula is C14H13N3O2. The van der Waals surface area contributed by atoms with Crippen molar-refractivity contribution >= 4 is 11.2 Å². The van der Waals surface area contributed by atoms with Crippen molar-refractivity contribution in [3.05, 3.63) is 36.7 Å². The van der Waals surface area contributed by atoms with E-state index in [2.05, 4.69) is 15.0 Å². The average Bonchev–Trinajstić information content (AvgIpc) is 2.90. The summed E-state index contributed by atoms with van der Waals surface area (Å²) in [5.41, 5.74) is 3.45. The van der Waals surface area contributed by atoms with Crippen molar-refractivity contribution in [3.8, 4) is 22.8 Å². The SMILES string of the molecule is COc1ccc(-c2cc3nccnc3[nH]2)c(OC)c1. The number of nitrogens with one attached hydrogen (secondary N) is 1. The van der Waals surface area contributed by atoms with Crippen LogP contribution in [0.4, 0.5) is 0 Å². The molecular weight excluding hydrogens is 242 g/mol. The number of fused-ring (bicyclic) bond motifs is 1. The van der Waals surface area contributed by atoms with Gasteiger partial charge in [-0.25, -0.2) is 4.98 Å². The van der Waals surface area contributed by atoms with Crippen LogP contribution < -0.4 is 9.47 Å². The molecule has 0 spiro atoms. The highest BCUT2D eigenvalue weighted by molar-refractivity contribution is 5.81. The number of rotatable bonds is 3. The number of methoxy groups -OCH3 is 2. The van der Waals surface area contributed by atoms with E-state index in [1.807, 2.05) is 24.3 Å². The topological polar surface area (TPSA) is 60.0 Å². The first-order valence-electron chi connectivity index (χ1n) is 5.84. The van der Waals surface area contributed by atoms with Crippen molar-refractivity contribution < 1.29 is 9.47 Å². The Morgan fingerprint density at radius 1 is 1.00 bits per heavy atom. The molecule has 0 saturated heterocycles. The molecule has 0 bridgehead atoms. The first-order chi connectivity index (χ1) is 9.31. The van der Waals surface area contributed by atoms with Crippen molar-refractivity contribution in [2.24, 2.45) is 0 Å². The normalized spacial score (nSPS) is 10.6. The van der Waals surface area contributed by atoms with Crippen molar-refractivity contribution in [3.63, 3.8) is 0 Å². The van der Waals surface area contributed by atoms with Gasteiger partial charge in [-0.05, 0) is 18.2 Å². The predicted octanol–water partition coefficient (Wildman–Crippen LogP) is 2.64. The van der Waals surface area contributed by atoms with Gasteiger partial charge < -0.3 is 14.5 Å². The number of hydrogen-bond donors (Lipinski definition) is 1. The van der Waals surface area contributed by atoms with E-state index < -0.39 is 0 Å². The molecule has 0 unspecified atom stereocenters. The lowest BCUT2D eigenvalue weighted by Gasteiger charge is -2.08. The molecule has 5 heteroatoms. The highest BCUT2D eigenvalue weighted by atomic mass is 16.5. The van der Waals surface area contributed by atoms with Crippen LogP contribution >= 0.6 is 0 Å². The third kappa shape index (κ3) is 1.99. The van der Waals surface area contributed by atoms with Gasteiger partial charge in [0.15, 0.2) is 5.65 Å². The molecule has 0 fully saturated rings. The van der Waals surface area contributed by atoms with Crippen molar-refractivity contribution in [1.29, 1.82) is 0 Å². The number of hydrogen-bond acceptors (Lipinski definition) is 4. The van der Waals surface area contributed by atoms with Gasteiger partial charge in [-0.3, -0.25) is 4.98 Å². The zero-order valence-corrected chi connectivity index (χ0v) is 10.7. The minimum atomic E-state index is 0.742. The summed E-state index contributed by atoms with van der Waals surface area (Å²) in [7, 11) is 3.27. The summed E-state index contributed by atoms with van der Waals surface area (Å²) in [6.45, 7) is 0. The maximum atomic E-state index is 5.40. The standard InChI is InChI=1S/C14H13N3O2/c1-18-9-3-4-10(13(7-9)19-2)11-8-12-14(17-11)16-6-5-15-12/h3-8H,1-2H3,(H,16,17). The Labute approximate surface area is 110 Å². The van der Waals surface area contributed by atoms with Crippen LogP contribution in [-0.4, -0.2) is 29.2 Å². The van der Waals surface area contributed by atoms with Crippen LogP contribution in [0.3, 0.4) is 0 Å². The lowest BCUT2D eigenvalue weighted by Crippen LogP contribution is -1.90. The molecule has 96 valence electrons. The maximum absolute atomic E-state index is 5.40. The molecule has 0 aliphatic rings. The monoisotopic (exact) mass is 255 g/mol. The van der Waals surface area contributed by atoms with Crippen molar-refractivity contribution in [2.75, 3.05) is 14.2 Å². The van der Waals surface area contributed by atoms with Gasteiger partial charge in [0.1, 0.15) is 17.0 Å². The number of H-pyrrole nitrogens is 1. The molecule has 0 amide bonds. The molecule has 1 N–H and O–H groups in total. The molecule has 5 nitrogen and oxygen atoms in total. The Morgan fingerprint density at radius 2 is 1.84 bits per heavy atom. The summed E-state index contributed by atoms with van der Waals surface area (Å²) < 4.78 is 10.6. The molecule has 0 saturated carbocycles. The fraction of sp³-hybridized carbons (Fsp3) is 0.143. The maximum Gasteiger partial charge on any atom is 0.156 e. The minimum Gasteiger partial charge on any atom is -0.497 e. The van der Waals surface area contributed by atoms with Gasteiger partial charge in [-0.1, -0.05) is 0 Å². The Balaban J connectivity index is 2.15. The van der Waals surface area contributed by atoms with Crippen LogP contribution in [0.25, 0.3) is 22.4 Å². The second-order valence-corrected chi connectivity index (χ2v) is 4.04. The van der Waals surface area contributed by atoms with Gasteiger partial charge in [-0.2, -0.15) is 0 Å². The molecule has 0 atom stereocenters. The number of aromatic nitrogens is 3. The smallest absolute Gasteiger partial charge is 0.156 e. The Hall–Kier alpha value is -2.56. The molecule has 19 heavy (non-hydrogen) atoms. The Bertz CT molecular complexity index is 689. The first-order valence-corrected chi connectivity index (χ1v) is 5.84. The summed E-state index contributed by atoms with van der Waals surface area (Å²) in [6, 6.07) is 7.64. The fourth-order valence-corrected chi connectivity index (χ4v) is 2.02. The summed E-state index contributed by atoms with van der Waals surface area (Å²) in [4.78, 5) is 11.7. The van der Waals surface area contributed by atoms with Crippen LogP contribution in [0.5, 0.6) is 11.5 Å². The van der Waals surface area contributed by atoms with E-state index in [4.69, 9.17) is 9.47 Å². The van der Waals surface area contributed by atoms with Crippen LogP contribution in [0.1, 0.15) is 0 Å². The summed E-state index contributed by atoms with van der Waals surface area (Å²) in [5, 5.41) is 0. The van der Waals surface area contributed by atoms with Crippen LogP contribution in [0.2, 0.25) is 0 Å². The first kappa shape index (κ1) is 11.5. The Morgan fingerprint density at radius 3 is 2.58 bits per heavy atom. The number of ether oxygens (including phenoxy) is 2. The molecule has 1 aromatic carbocycles.